The van der Waals surface area contributed by atoms with Crippen molar-refractivity contribution in [3.8, 4) is 16.9 Å². The van der Waals surface area contributed by atoms with Crippen molar-refractivity contribution in [1.29, 1.82) is 0 Å². The molecule has 1 N–H and O–H groups in total. The van der Waals surface area contributed by atoms with Crippen LogP contribution in [-0.2, 0) is 4.79 Å². The fraction of sp³-hybridized carbons (Fsp3) is 0.148. The van der Waals surface area contributed by atoms with Crippen molar-refractivity contribution in [2.75, 3.05) is 11.9 Å². The second-order valence-corrected chi connectivity index (χ2v) is 7.87. The van der Waals surface area contributed by atoms with Crippen LogP contribution in [0.15, 0.2) is 77.4 Å². The summed E-state index contributed by atoms with van der Waals surface area (Å²) in [4.78, 5) is 23.4. The number of fused-ring (bicyclic) bond motifs is 1. The van der Waals surface area contributed by atoms with Crippen LogP contribution < -0.4 is 10.1 Å². The second-order valence-electron chi connectivity index (χ2n) is 7.87. The van der Waals surface area contributed by atoms with Crippen LogP contribution in [0.2, 0.25) is 0 Å². The van der Waals surface area contributed by atoms with Crippen LogP contribution in [0.4, 0.5) is 11.4 Å². The maximum Gasteiger partial charge on any atom is 0.271 e. The number of ether oxygens (including phenoxy) is 1. The summed E-state index contributed by atoms with van der Waals surface area (Å²) in [6.07, 6.45) is 3.18. The molecule has 0 fully saturated rings. The van der Waals surface area contributed by atoms with Crippen molar-refractivity contribution in [2.45, 2.75) is 20.8 Å². The molecule has 0 unspecified atom stereocenters. The molecule has 0 aliphatic heterocycles. The van der Waals surface area contributed by atoms with Gasteiger partial charge in [0.2, 0.25) is 5.91 Å². The van der Waals surface area contributed by atoms with E-state index in [9.17, 15) is 14.9 Å². The molecule has 0 aliphatic carbocycles. The van der Waals surface area contributed by atoms with E-state index in [-0.39, 0.29) is 11.6 Å². The lowest BCUT2D eigenvalue weighted by Gasteiger charge is -2.12. The number of benzene rings is 3. The molecule has 0 bridgehead atoms. The largest absolute Gasteiger partial charge is 0.493 e. The predicted octanol–water partition coefficient (Wildman–Crippen LogP) is 6.76. The first-order valence-electron chi connectivity index (χ1n) is 10.9. The lowest BCUT2D eigenvalue weighted by molar-refractivity contribution is -0.384. The minimum absolute atomic E-state index is 0.0842. The van der Waals surface area contributed by atoms with Crippen molar-refractivity contribution < 1.29 is 18.9 Å². The molecular weight excluding hydrogens is 432 g/mol. The zero-order chi connectivity index (χ0) is 24.2. The van der Waals surface area contributed by atoms with E-state index in [0.29, 0.717) is 29.2 Å². The minimum atomic E-state index is -0.491. The van der Waals surface area contributed by atoms with Crippen LogP contribution in [0, 0.1) is 17.0 Å². The molecule has 0 radical (unpaired) electrons. The summed E-state index contributed by atoms with van der Waals surface area (Å²) in [5.41, 5.74) is 5.15. The number of carbonyl (C=O) groups is 1. The molecule has 0 spiro atoms. The highest BCUT2D eigenvalue weighted by molar-refractivity contribution is 6.05. The fourth-order valence-corrected chi connectivity index (χ4v) is 3.78. The third-order valence-electron chi connectivity index (χ3n) is 5.52. The second kappa shape index (κ2) is 9.62. The highest BCUT2D eigenvalue weighted by atomic mass is 16.6. The van der Waals surface area contributed by atoms with Crippen molar-refractivity contribution >= 4 is 33.8 Å². The van der Waals surface area contributed by atoms with Gasteiger partial charge in [-0.15, -0.1) is 0 Å². The third kappa shape index (κ3) is 4.68. The summed E-state index contributed by atoms with van der Waals surface area (Å²) in [5.74, 6) is 0.219. The molecule has 1 heterocycles. The van der Waals surface area contributed by atoms with Gasteiger partial charge in [-0.05, 0) is 43.5 Å². The Morgan fingerprint density at radius 1 is 1.15 bits per heavy atom. The Morgan fingerprint density at radius 2 is 1.91 bits per heavy atom. The van der Waals surface area contributed by atoms with Gasteiger partial charge in [-0.2, -0.15) is 0 Å². The number of nitro benzene ring substituents is 1. The lowest BCUT2D eigenvalue weighted by atomic mass is 9.99. The summed E-state index contributed by atoms with van der Waals surface area (Å²) in [7, 11) is 0. The summed E-state index contributed by atoms with van der Waals surface area (Å²) in [5, 5.41) is 14.7. The number of nitrogens with zero attached hydrogens (tertiary/aromatic N) is 1. The maximum absolute atomic E-state index is 12.8. The van der Waals surface area contributed by atoms with E-state index in [1.54, 1.807) is 19.3 Å². The van der Waals surface area contributed by atoms with Gasteiger partial charge >= 0.3 is 0 Å². The van der Waals surface area contributed by atoms with E-state index < -0.39 is 4.92 Å². The first-order valence-corrected chi connectivity index (χ1v) is 10.9. The zero-order valence-electron chi connectivity index (χ0n) is 19.1. The van der Waals surface area contributed by atoms with E-state index >= 15 is 0 Å². The number of nitro groups is 1. The molecule has 4 aromatic rings. The SMILES string of the molecule is CCOc1cc2occ(-c3ccccc3)c2cc1/C(C)=C/C(=O)Nc1cc([N+](=O)[O-])ccc1C. The number of carbonyl (C=O) groups excluding carboxylic acids is 1. The van der Waals surface area contributed by atoms with Gasteiger partial charge in [0.1, 0.15) is 11.3 Å². The average molecular weight is 456 g/mol. The van der Waals surface area contributed by atoms with Crippen LogP contribution in [0.1, 0.15) is 25.0 Å². The molecule has 7 nitrogen and oxygen atoms in total. The van der Waals surface area contributed by atoms with Crippen LogP contribution in [0.3, 0.4) is 0 Å². The Hall–Kier alpha value is -4.39. The quantitative estimate of drug-likeness (QED) is 0.188. The van der Waals surface area contributed by atoms with E-state index in [1.807, 2.05) is 56.3 Å². The number of hydrogen-bond acceptors (Lipinski definition) is 5. The van der Waals surface area contributed by atoms with Crippen LogP contribution in [-0.4, -0.2) is 17.4 Å². The first kappa shape index (κ1) is 22.8. The summed E-state index contributed by atoms with van der Waals surface area (Å²) in [6.45, 7) is 5.95. The molecule has 1 amide bonds. The number of furan rings is 1. The van der Waals surface area contributed by atoms with Crippen LogP contribution >= 0.6 is 0 Å². The van der Waals surface area contributed by atoms with Gasteiger partial charge in [-0.25, -0.2) is 0 Å². The Morgan fingerprint density at radius 3 is 2.62 bits per heavy atom. The Bertz CT molecular complexity index is 1400. The molecule has 0 saturated carbocycles. The molecule has 1 aromatic heterocycles. The summed E-state index contributed by atoms with van der Waals surface area (Å²) < 4.78 is 11.6. The Balaban J connectivity index is 1.71. The van der Waals surface area contributed by atoms with Gasteiger partial charge in [0.05, 0.1) is 23.5 Å². The van der Waals surface area contributed by atoms with Crippen LogP contribution in [0.25, 0.3) is 27.7 Å². The Kier molecular flexibility index (Phi) is 6.45. The van der Waals surface area contributed by atoms with Crippen molar-refractivity contribution in [1.82, 2.24) is 0 Å². The van der Waals surface area contributed by atoms with Gasteiger partial charge in [0.25, 0.3) is 5.69 Å². The van der Waals surface area contributed by atoms with Crippen molar-refractivity contribution in [2.24, 2.45) is 0 Å². The molecule has 0 aliphatic rings. The van der Waals surface area contributed by atoms with Gasteiger partial charge < -0.3 is 14.5 Å². The highest BCUT2D eigenvalue weighted by Gasteiger charge is 2.16. The summed E-state index contributed by atoms with van der Waals surface area (Å²) in [6, 6.07) is 18.1. The lowest BCUT2D eigenvalue weighted by Crippen LogP contribution is -2.10. The fourth-order valence-electron chi connectivity index (χ4n) is 3.78. The van der Waals surface area contributed by atoms with Gasteiger partial charge in [0.15, 0.2) is 0 Å². The predicted molar refractivity (Wildman–Crippen MR) is 133 cm³/mol. The van der Waals surface area contributed by atoms with E-state index in [4.69, 9.17) is 9.15 Å². The normalized spacial score (nSPS) is 11.4. The van der Waals surface area contributed by atoms with Crippen molar-refractivity contribution in [3.63, 3.8) is 0 Å². The molecule has 0 saturated heterocycles. The number of non-ortho nitro benzene ring substituents is 1. The number of allylic oxidation sites excluding steroid dienone is 1. The molecule has 34 heavy (non-hydrogen) atoms. The standard InChI is InChI=1S/C27H24N2O5/c1-4-33-25-15-26-22(23(16-34-26)19-8-6-5-7-9-19)14-21(25)18(3)12-27(30)28-24-13-20(29(31)32)11-10-17(24)2/h5-16H,4H2,1-3H3,(H,28,30)/b18-12+. The topological polar surface area (TPSA) is 94.6 Å². The average Bonchev–Trinajstić information content (AvgIpc) is 3.23. The maximum atomic E-state index is 12.8. The molecule has 3 aromatic carbocycles. The number of aryl methyl sites for hydroxylation is 1. The zero-order valence-corrected chi connectivity index (χ0v) is 19.1. The number of anilines is 1. The summed E-state index contributed by atoms with van der Waals surface area (Å²) >= 11 is 0. The van der Waals surface area contributed by atoms with Gasteiger partial charge in [-0.3, -0.25) is 14.9 Å². The third-order valence-corrected chi connectivity index (χ3v) is 5.52. The number of hydrogen-bond donors (Lipinski definition) is 1. The Labute approximate surface area is 196 Å². The van der Waals surface area contributed by atoms with Crippen molar-refractivity contribution in [3.05, 3.63) is 94.2 Å². The van der Waals surface area contributed by atoms with E-state index in [0.717, 1.165) is 27.6 Å². The molecule has 4 rings (SSSR count). The number of nitrogens with one attached hydrogen (secondary N) is 1. The minimum Gasteiger partial charge on any atom is -0.493 e. The number of rotatable bonds is 7. The molecule has 172 valence electrons. The van der Waals surface area contributed by atoms with Crippen LogP contribution in [0.5, 0.6) is 5.75 Å². The van der Waals surface area contributed by atoms with E-state index in [1.165, 1.54) is 18.2 Å². The number of amides is 1. The first-order chi connectivity index (χ1) is 16.4. The molecule has 0 atom stereocenters. The van der Waals surface area contributed by atoms with E-state index in [2.05, 4.69) is 5.32 Å². The highest BCUT2D eigenvalue weighted by Crippen LogP contribution is 2.37. The van der Waals surface area contributed by atoms with Gasteiger partial charge in [-0.1, -0.05) is 36.4 Å². The molecule has 7 heteroatoms. The smallest absolute Gasteiger partial charge is 0.271 e. The monoisotopic (exact) mass is 456 g/mol. The molecular formula is C27H24N2O5. The van der Waals surface area contributed by atoms with Gasteiger partial charge in [0, 0.05) is 40.8 Å².